The number of rotatable bonds is 1. The minimum atomic E-state index is -0.545. The predicted octanol–water partition coefficient (Wildman–Crippen LogP) is 5.92. The number of phenols is 1. The summed E-state index contributed by atoms with van der Waals surface area (Å²) in [5.41, 5.74) is 3.59. The van der Waals surface area contributed by atoms with Crippen LogP contribution in [-0.2, 0) is 4.79 Å². The van der Waals surface area contributed by atoms with Gasteiger partial charge in [0.05, 0.1) is 22.4 Å². The number of halogens is 2. The molecule has 0 saturated heterocycles. The van der Waals surface area contributed by atoms with Crippen LogP contribution in [0.4, 0.5) is 11.4 Å². The third-order valence-electron chi connectivity index (χ3n) is 5.09. The number of carbonyl (C=O) groups is 1. The normalized spacial score (nSPS) is 20.9. The van der Waals surface area contributed by atoms with E-state index in [-0.39, 0.29) is 22.0 Å². The lowest BCUT2D eigenvalue weighted by Gasteiger charge is -2.34. The smallest absolute Gasteiger partial charge is 0.163 e. The van der Waals surface area contributed by atoms with Crippen molar-refractivity contribution in [1.82, 2.24) is 0 Å². The standard InChI is InChI=1S/C21H20Cl2N2O2/c1-21(2)9-16-18(17(26)10-21)19(12-7-11(22)8-13(23)20(12)27)25-15-6-4-3-5-14(15)24-16/h3-8,19,24-25,27H,9-10H2,1-2H3/t19-/m1/s1. The Morgan fingerprint density at radius 1 is 1.11 bits per heavy atom. The molecule has 0 unspecified atom stereocenters. The van der Waals surface area contributed by atoms with Gasteiger partial charge in [-0.25, -0.2) is 0 Å². The first-order valence-corrected chi connectivity index (χ1v) is 9.57. The Hall–Kier alpha value is -2.17. The van der Waals surface area contributed by atoms with Crippen LogP contribution < -0.4 is 10.6 Å². The van der Waals surface area contributed by atoms with Crippen LogP contribution in [-0.4, -0.2) is 10.9 Å². The Labute approximate surface area is 168 Å². The average molecular weight is 403 g/mol. The highest BCUT2D eigenvalue weighted by molar-refractivity contribution is 6.35. The first kappa shape index (κ1) is 18.2. The van der Waals surface area contributed by atoms with Crippen molar-refractivity contribution in [2.24, 2.45) is 5.41 Å². The van der Waals surface area contributed by atoms with E-state index in [4.69, 9.17) is 23.2 Å². The molecule has 1 aliphatic heterocycles. The van der Waals surface area contributed by atoms with Crippen LogP contribution in [0.15, 0.2) is 47.7 Å². The summed E-state index contributed by atoms with van der Waals surface area (Å²) in [7, 11) is 0. The van der Waals surface area contributed by atoms with Gasteiger partial charge in [0.2, 0.25) is 0 Å². The molecular weight excluding hydrogens is 383 g/mol. The lowest BCUT2D eigenvalue weighted by atomic mass is 9.73. The first-order valence-electron chi connectivity index (χ1n) is 8.82. The number of para-hydroxylation sites is 2. The fourth-order valence-electron chi connectivity index (χ4n) is 3.93. The van der Waals surface area contributed by atoms with E-state index < -0.39 is 6.04 Å². The molecule has 0 aromatic heterocycles. The zero-order valence-electron chi connectivity index (χ0n) is 15.1. The van der Waals surface area contributed by atoms with Crippen molar-refractivity contribution in [3.05, 3.63) is 63.3 Å². The van der Waals surface area contributed by atoms with Crippen LogP contribution >= 0.6 is 23.2 Å². The summed E-state index contributed by atoms with van der Waals surface area (Å²) in [4.78, 5) is 13.1. The Morgan fingerprint density at radius 2 is 1.81 bits per heavy atom. The van der Waals surface area contributed by atoms with Gasteiger partial charge in [-0.05, 0) is 36.1 Å². The quantitative estimate of drug-likeness (QED) is 0.553. The summed E-state index contributed by atoms with van der Waals surface area (Å²) in [5.74, 6) is -0.0167. The molecule has 0 radical (unpaired) electrons. The number of nitrogens with one attached hydrogen (secondary N) is 2. The van der Waals surface area contributed by atoms with Gasteiger partial charge in [-0.3, -0.25) is 4.79 Å². The van der Waals surface area contributed by atoms with Crippen LogP contribution in [0.25, 0.3) is 0 Å². The molecule has 2 aromatic carbocycles. The zero-order valence-corrected chi connectivity index (χ0v) is 16.6. The molecule has 4 rings (SSSR count). The van der Waals surface area contributed by atoms with Crippen LogP contribution in [0, 0.1) is 5.41 Å². The van der Waals surface area contributed by atoms with Crippen LogP contribution in [0.1, 0.15) is 38.3 Å². The molecule has 0 amide bonds. The van der Waals surface area contributed by atoms with E-state index in [1.807, 2.05) is 24.3 Å². The number of phenolic OH excluding ortho intramolecular Hbond substituents is 1. The van der Waals surface area contributed by atoms with Gasteiger partial charge in [0.15, 0.2) is 5.78 Å². The van der Waals surface area contributed by atoms with Gasteiger partial charge in [0, 0.05) is 28.3 Å². The molecule has 0 spiro atoms. The molecule has 1 atom stereocenters. The average Bonchev–Trinajstić information content (AvgIpc) is 2.73. The molecule has 1 heterocycles. The maximum atomic E-state index is 13.1. The summed E-state index contributed by atoms with van der Waals surface area (Å²) < 4.78 is 0. The van der Waals surface area contributed by atoms with Crippen molar-refractivity contribution < 1.29 is 9.90 Å². The highest BCUT2D eigenvalue weighted by Gasteiger charge is 2.39. The summed E-state index contributed by atoms with van der Waals surface area (Å²) in [6, 6.07) is 10.4. The first-order chi connectivity index (χ1) is 12.7. The van der Waals surface area contributed by atoms with Crippen molar-refractivity contribution in [3.8, 4) is 5.75 Å². The maximum absolute atomic E-state index is 13.1. The van der Waals surface area contributed by atoms with E-state index in [0.717, 1.165) is 23.5 Å². The summed E-state index contributed by atoms with van der Waals surface area (Å²) >= 11 is 12.4. The Bertz CT molecular complexity index is 982. The molecule has 140 valence electrons. The largest absolute Gasteiger partial charge is 0.506 e. The van der Waals surface area contributed by atoms with Crippen LogP contribution in [0.5, 0.6) is 5.75 Å². The second kappa shape index (κ2) is 6.47. The number of ketones is 1. The molecule has 4 nitrogen and oxygen atoms in total. The molecule has 2 aliphatic rings. The predicted molar refractivity (Wildman–Crippen MR) is 110 cm³/mol. The number of carbonyl (C=O) groups excluding carboxylic acids is 1. The van der Waals surface area contributed by atoms with Crippen LogP contribution in [0.2, 0.25) is 10.0 Å². The number of hydrogen-bond acceptors (Lipinski definition) is 4. The number of benzene rings is 2. The summed E-state index contributed by atoms with van der Waals surface area (Å²) in [5, 5.41) is 18.0. The van der Waals surface area contributed by atoms with Crippen molar-refractivity contribution >= 4 is 40.4 Å². The molecule has 3 N–H and O–H groups in total. The molecule has 0 fully saturated rings. The Kier molecular flexibility index (Phi) is 4.36. The van der Waals surface area contributed by atoms with Gasteiger partial charge < -0.3 is 15.7 Å². The maximum Gasteiger partial charge on any atom is 0.163 e. The van der Waals surface area contributed by atoms with Gasteiger partial charge in [-0.1, -0.05) is 49.2 Å². The van der Waals surface area contributed by atoms with E-state index in [1.54, 1.807) is 6.07 Å². The lowest BCUT2D eigenvalue weighted by molar-refractivity contribution is -0.118. The Morgan fingerprint density at radius 3 is 2.56 bits per heavy atom. The summed E-state index contributed by atoms with van der Waals surface area (Å²) in [6.07, 6.45) is 1.17. The van der Waals surface area contributed by atoms with E-state index in [1.165, 1.54) is 6.07 Å². The number of fused-ring (bicyclic) bond motifs is 1. The Balaban J connectivity index is 1.95. The fourth-order valence-corrected chi connectivity index (χ4v) is 4.44. The van der Waals surface area contributed by atoms with Crippen molar-refractivity contribution in [1.29, 1.82) is 0 Å². The SMILES string of the molecule is CC1(C)CC(=O)C2=C(C1)Nc1ccccc1N[C@@H]2c1cc(Cl)cc(Cl)c1O. The molecule has 27 heavy (non-hydrogen) atoms. The minimum Gasteiger partial charge on any atom is -0.506 e. The highest BCUT2D eigenvalue weighted by Crippen LogP contribution is 2.48. The monoisotopic (exact) mass is 402 g/mol. The van der Waals surface area contributed by atoms with E-state index in [0.29, 0.717) is 22.6 Å². The van der Waals surface area contributed by atoms with Gasteiger partial charge in [-0.15, -0.1) is 0 Å². The van der Waals surface area contributed by atoms with Gasteiger partial charge in [-0.2, -0.15) is 0 Å². The fraction of sp³-hybridized carbons (Fsp3) is 0.286. The number of Topliss-reactive ketones (excluding diaryl/α,β-unsaturated/α-hetero) is 1. The van der Waals surface area contributed by atoms with E-state index in [2.05, 4.69) is 24.5 Å². The van der Waals surface area contributed by atoms with Crippen molar-refractivity contribution in [3.63, 3.8) is 0 Å². The van der Waals surface area contributed by atoms with E-state index in [9.17, 15) is 9.90 Å². The number of anilines is 2. The van der Waals surface area contributed by atoms with Crippen molar-refractivity contribution in [2.45, 2.75) is 32.7 Å². The highest BCUT2D eigenvalue weighted by atomic mass is 35.5. The van der Waals surface area contributed by atoms with Gasteiger partial charge in [0.1, 0.15) is 5.75 Å². The van der Waals surface area contributed by atoms with Crippen LogP contribution in [0.3, 0.4) is 0 Å². The third-order valence-corrected chi connectivity index (χ3v) is 5.60. The van der Waals surface area contributed by atoms with Gasteiger partial charge >= 0.3 is 0 Å². The third kappa shape index (κ3) is 3.28. The molecule has 1 aliphatic carbocycles. The summed E-state index contributed by atoms with van der Waals surface area (Å²) in [6.45, 7) is 4.17. The molecular formula is C21H20Cl2N2O2. The molecule has 0 saturated carbocycles. The second-order valence-electron chi connectivity index (χ2n) is 7.91. The van der Waals surface area contributed by atoms with E-state index >= 15 is 0 Å². The molecule has 6 heteroatoms. The van der Waals surface area contributed by atoms with Gasteiger partial charge in [0.25, 0.3) is 0 Å². The zero-order chi connectivity index (χ0) is 19.3. The minimum absolute atomic E-state index is 0.0505. The van der Waals surface area contributed by atoms with Crippen molar-refractivity contribution in [2.75, 3.05) is 10.6 Å². The lowest BCUT2D eigenvalue weighted by Crippen LogP contribution is -2.31. The molecule has 2 aromatic rings. The second-order valence-corrected chi connectivity index (χ2v) is 8.75. The number of hydrogen-bond donors (Lipinski definition) is 3. The topological polar surface area (TPSA) is 61.4 Å². The number of aromatic hydroxyl groups is 1. The molecule has 0 bridgehead atoms. The number of allylic oxidation sites excluding steroid dienone is 1.